The van der Waals surface area contributed by atoms with E-state index in [4.69, 9.17) is 10.5 Å². The van der Waals surface area contributed by atoms with Crippen molar-refractivity contribution in [3.8, 4) is 12.1 Å². The normalized spacial score (nSPS) is 11.1. The topological polar surface area (TPSA) is 123 Å². The Kier molecular flexibility index (Phi) is 7.52. The molecule has 1 N–H and O–H groups in total. The molecule has 1 heterocycles. The van der Waals surface area contributed by atoms with E-state index in [0.29, 0.717) is 28.1 Å². The van der Waals surface area contributed by atoms with Crippen LogP contribution in [0.3, 0.4) is 0 Å². The minimum Gasteiger partial charge on any atom is -0.324 e. The predicted molar refractivity (Wildman–Crippen MR) is 148 cm³/mol. The number of nitriles is 2. The summed E-state index contributed by atoms with van der Waals surface area (Å²) in [5.41, 5.74) is 4.73. The molecule has 0 aliphatic carbocycles. The number of aryl methyl sites for hydroxylation is 3. The second-order valence-corrected chi connectivity index (χ2v) is 10.4. The Morgan fingerprint density at radius 1 is 0.921 bits per heavy atom. The molecule has 0 aliphatic heterocycles. The van der Waals surface area contributed by atoms with Crippen molar-refractivity contribution >= 4 is 39.2 Å². The van der Waals surface area contributed by atoms with E-state index in [2.05, 4.69) is 21.4 Å². The molecule has 0 saturated heterocycles. The number of sulfonamides is 1. The molecule has 0 radical (unpaired) electrons. The van der Waals surface area contributed by atoms with E-state index in [9.17, 15) is 8.42 Å². The first-order valence-corrected chi connectivity index (χ1v) is 13.1. The lowest BCUT2D eigenvalue weighted by Crippen LogP contribution is -2.29. The largest absolute Gasteiger partial charge is 0.324 e. The number of anilines is 4. The Bertz CT molecular complexity index is 1680. The molecule has 0 spiro atoms. The van der Waals surface area contributed by atoms with Gasteiger partial charge in [0.15, 0.2) is 5.82 Å². The van der Waals surface area contributed by atoms with Gasteiger partial charge in [0.2, 0.25) is 5.95 Å². The fourth-order valence-corrected chi connectivity index (χ4v) is 5.56. The Morgan fingerprint density at radius 3 is 2.18 bits per heavy atom. The van der Waals surface area contributed by atoms with E-state index in [-0.39, 0.29) is 16.7 Å². The van der Waals surface area contributed by atoms with Crippen LogP contribution in [0.25, 0.3) is 6.08 Å². The van der Waals surface area contributed by atoms with Gasteiger partial charge >= 0.3 is 0 Å². The second-order valence-electron chi connectivity index (χ2n) is 8.60. The summed E-state index contributed by atoms with van der Waals surface area (Å²) in [4.78, 5) is 8.94. The maximum absolute atomic E-state index is 14.1. The van der Waals surface area contributed by atoms with Crippen LogP contribution in [-0.2, 0) is 10.0 Å². The second kappa shape index (κ2) is 11.0. The summed E-state index contributed by atoms with van der Waals surface area (Å²) in [5, 5.41) is 21.0. The standard InChI is InChI=1S/C29H24N6O2S/c1-20-6-12-26(13-7-20)38(36,37)35(28-21(2)17-24(5-4-15-30)18-22(28)3)27-14-16-32-29(34-27)33-25-10-8-23(19-31)9-11-25/h4-14,16-18H,1-3H3,(H,32,33,34)/b5-4+. The lowest BCUT2D eigenvalue weighted by atomic mass is 10.0. The van der Waals surface area contributed by atoms with Crippen molar-refractivity contribution in [2.45, 2.75) is 25.7 Å². The molecule has 38 heavy (non-hydrogen) atoms. The Hall–Kier alpha value is -4.99. The maximum atomic E-state index is 14.1. The molecule has 4 aromatic rings. The van der Waals surface area contributed by atoms with Crippen LogP contribution >= 0.6 is 0 Å². The van der Waals surface area contributed by atoms with Gasteiger partial charge in [-0.25, -0.2) is 17.7 Å². The number of aromatic nitrogens is 2. The number of hydrogen-bond acceptors (Lipinski definition) is 7. The highest BCUT2D eigenvalue weighted by Gasteiger charge is 2.30. The van der Waals surface area contributed by atoms with Crippen LogP contribution in [0.5, 0.6) is 0 Å². The van der Waals surface area contributed by atoms with Crippen molar-refractivity contribution < 1.29 is 8.42 Å². The van der Waals surface area contributed by atoms with Crippen molar-refractivity contribution in [1.82, 2.24) is 9.97 Å². The number of nitrogens with one attached hydrogen (secondary N) is 1. The summed E-state index contributed by atoms with van der Waals surface area (Å²) >= 11 is 0. The van der Waals surface area contributed by atoms with Crippen LogP contribution in [0, 0.1) is 43.4 Å². The minimum absolute atomic E-state index is 0.121. The molecule has 0 aliphatic rings. The van der Waals surface area contributed by atoms with Crippen molar-refractivity contribution in [2.75, 3.05) is 9.62 Å². The monoisotopic (exact) mass is 520 g/mol. The third-order valence-corrected chi connectivity index (χ3v) is 7.46. The predicted octanol–water partition coefficient (Wildman–Crippen LogP) is 6.08. The van der Waals surface area contributed by atoms with Crippen molar-refractivity contribution in [1.29, 1.82) is 10.5 Å². The van der Waals surface area contributed by atoms with Crippen molar-refractivity contribution in [3.63, 3.8) is 0 Å². The summed E-state index contributed by atoms with van der Waals surface area (Å²) in [6, 6.07) is 22.6. The summed E-state index contributed by atoms with van der Waals surface area (Å²) in [6.45, 7) is 5.53. The summed E-state index contributed by atoms with van der Waals surface area (Å²) in [6.07, 6.45) is 4.54. The first kappa shape index (κ1) is 26.1. The lowest BCUT2D eigenvalue weighted by Gasteiger charge is -2.27. The van der Waals surface area contributed by atoms with E-state index >= 15 is 0 Å². The highest BCUT2D eigenvalue weighted by atomic mass is 32.2. The summed E-state index contributed by atoms with van der Waals surface area (Å²) < 4.78 is 29.4. The van der Waals surface area contributed by atoms with Gasteiger partial charge in [-0.3, -0.25) is 0 Å². The molecule has 0 unspecified atom stereocenters. The number of nitrogens with zero attached hydrogens (tertiary/aromatic N) is 5. The van der Waals surface area contributed by atoms with E-state index < -0.39 is 10.0 Å². The number of benzene rings is 3. The number of allylic oxidation sites excluding steroid dienone is 1. The zero-order valence-corrected chi connectivity index (χ0v) is 21.9. The molecule has 0 atom stereocenters. The molecule has 1 aromatic heterocycles. The summed E-state index contributed by atoms with van der Waals surface area (Å²) in [5.74, 6) is 0.350. The van der Waals surface area contributed by atoms with Crippen LogP contribution in [0.4, 0.5) is 23.1 Å². The third kappa shape index (κ3) is 5.54. The van der Waals surface area contributed by atoms with Gasteiger partial charge in [0.1, 0.15) is 0 Å². The first-order chi connectivity index (χ1) is 18.2. The molecule has 4 rings (SSSR count). The van der Waals surface area contributed by atoms with Gasteiger partial charge in [0, 0.05) is 24.0 Å². The van der Waals surface area contributed by atoms with Crippen molar-refractivity contribution in [3.05, 3.63) is 107 Å². The highest BCUT2D eigenvalue weighted by molar-refractivity contribution is 7.93. The molecule has 0 bridgehead atoms. The number of rotatable bonds is 7. The van der Waals surface area contributed by atoms with E-state index in [1.54, 1.807) is 54.6 Å². The van der Waals surface area contributed by atoms with Crippen LogP contribution < -0.4 is 9.62 Å². The summed E-state index contributed by atoms with van der Waals surface area (Å²) in [7, 11) is -4.09. The molecule has 0 amide bonds. The van der Waals surface area contributed by atoms with Gasteiger partial charge < -0.3 is 5.32 Å². The first-order valence-electron chi connectivity index (χ1n) is 11.6. The molecule has 3 aromatic carbocycles. The van der Waals surface area contributed by atoms with Gasteiger partial charge in [0.05, 0.1) is 28.3 Å². The highest BCUT2D eigenvalue weighted by Crippen LogP contribution is 2.37. The average molecular weight is 521 g/mol. The Morgan fingerprint density at radius 2 is 1.58 bits per heavy atom. The average Bonchev–Trinajstić information content (AvgIpc) is 2.90. The molecular formula is C29H24N6O2S. The van der Waals surface area contributed by atoms with Crippen molar-refractivity contribution in [2.24, 2.45) is 0 Å². The fraction of sp³-hybridized carbons (Fsp3) is 0.103. The SMILES string of the molecule is Cc1ccc(S(=O)(=O)N(c2ccnc(Nc3ccc(C#N)cc3)n2)c2c(C)cc(/C=C/C#N)cc2C)cc1. The minimum atomic E-state index is -4.09. The zero-order chi connectivity index (χ0) is 27.3. The molecule has 9 heteroatoms. The molecule has 188 valence electrons. The van der Waals surface area contributed by atoms with Crippen LogP contribution in [-0.4, -0.2) is 18.4 Å². The molecule has 0 fully saturated rings. The van der Waals surface area contributed by atoms with Gasteiger partial charge in [-0.05, 0) is 92.1 Å². The quantitative estimate of drug-likeness (QED) is 0.293. The third-order valence-electron chi connectivity index (χ3n) is 5.75. The van der Waals surface area contributed by atoms with Gasteiger partial charge in [-0.1, -0.05) is 17.7 Å². The Labute approximate surface area is 222 Å². The molecule has 8 nitrogen and oxygen atoms in total. The van der Waals surface area contributed by atoms with Gasteiger partial charge in [-0.2, -0.15) is 15.5 Å². The van der Waals surface area contributed by atoms with E-state index in [1.165, 1.54) is 22.6 Å². The maximum Gasteiger partial charge on any atom is 0.269 e. The fourth-order valence-electron chi connectivity index (χ4n) is 3.99. The van der Waals surface area contributed by atoms with Gasteiger partial charge in [-0.15, -0.1) is 0 Å². The number of hydrogen-bond donors (Lipinski definition) is 1. The Balaban J connectivity index is 1.86. The van der Waals surface area contributed by atoms with Crippen LogP contribution in [0.15, 0.2) is 83.9 Å². The smallest absolute Gasteiger partial charge is 0.269 e. The zero-order valence-electron chi connectivity index (χ0n) is 21.0. The van der Waals surface area contributed by atoms with Gasteiger partial charge in [0.25, 0.3) is 10.0 Å². The van der Waals surface area contributed by atoms with Crippen LogP contribution in [0.2, 0.25) is 0 Å². The van der Waals surface area contributed by atoms with E-state index in [1.807, 2.05) is 39.0 Å². The van der Waals surface area contributed by atoms with Crippen LogP contribution in [0.1, 0.15) is 27.8 Å². The lowest BCUT2D eigenvalue weighted by molar-refractivity contribution is 0.595. The van der Waals surface area contributed by atoms with E-state index in [0.717, 1.165) is 11.1 Å². The molecule has 0 saturated carbocycles. The molecular weight excluding hydrogens is 496 g/mol.